The Labute approximate surface area is 173 Å². The van der Waals surface area contributed by atoms with E-state index in [4.69, 9.17) is 16.3 Å². The molecule has 1 atom stereocenters. The zero-order valence-corrected chi connectivity index (χ0v) is 17.1. The first-order valence-corrected chi connectivity index (χ1v) is 10.6. The molecular formula is C19H20ClFN2O5S. The minimum absolute atomic E-state index is 0.0311. The van der Waals surface area contributed by atoms with Crippen LogP contribution < -0.4 is 5.32 Å². The number of benzene rings is 2. The van der Waals surface area contributed by atoms with Gasteiger partial charge in [-0.25, -0.2) is 12.8 Å². The monoisotopic (exact) mass is 442 g/mol. The lowest BCUT2D eigenvalue weighted by Crippen LogP contribution is -2.38. The Kier molecular flexibility index (Phi) is 6.55. The summed E-state index contributed by atoms with van der Waals surface area (Å²) >= 11 is 5.72. The van der Waals surface area contributed by atoms with Crippen molar-refractivity contribution < 1.29 is 27.4 Å². The third-order valence-electron chi connectivity index (χ3n) is 4.46. The number of rotatable bonds is 4. The summed E-state index contributed by atoms with van der Waals surface area (Å²) in [6, 6.07) is 8.04. The quantitative estimate of drug-likeness (QED) is 0.758. The number of ether oxygens (including phenoxy) is 1. The van der Waals surface area contributed by atoms with Gasteiger partial charge in [0.05, 0.1) is 29.2 Å². The van der Waals surface area contributed by atoms with E-state index in [0.29, 0.717) is 5.56 Å². The fourth-order valence-corrected chi connectivity index (χ4v) is 4.81. The molecule has 156 valence electrons. The van der Waals surface area contributed by atoms with Crippen LogP contribution in [0.2, 0.25) is 5.02 Å². The Morgan fingerprint density at radius 1 is 1.31 bits per heavy atom. The molecule has 1 heterocycles. The standard InChI is InChI=1S/C19H20ClFN2O5S/c1-12-2-3-13(19(25)22-14-4-5-17(21)16(20)9-14)8-18(12)29(26,27)23-6-7-28-11-15(24)10-23/h2-5,8-9,15,24H,6-7,10-11H2,1H3,(H,22,25)/t15-/m0/s1. The van der Waals surface area contributed by atoms with Gasteiger partial charge in [0.1, 0.15) is 5.82 Å². The number of anilines is 1. The average Bonchev–Trinajstić information content (AvgIpc) is 2.90. The summed E-state index contributed by atoms with van der Waals surface area (Å²) < 4.78 is 45.8. The van der Waals surface area contributed by atoms with E-state index in [1.165, 1.54) is 30.3 Å². The topological polar surface area (TPSA) is 95.9 Å². The highest BCUT2D eigenvalue weighted by Gasteiger charge is 2.30. The predicted molar refractivity (Wildman–Crippen MR) is 106 cm³/mol. The fraction of sp³-hybridized carbons (Fsp3) is 0.316. The van der Waals surface area contributed by atoms with Gasteiger partial charge in [0.2, 0.25) is 10.0 Å². The van der Waals surface area contributed by atoms with Crippen LogP contribution in [-0.4, -0.2) is 56.1 Å². The first-order valence-electron chi connectivity index (χ1n) is 8.81. The molecular weight excluding hydrogens is 423 g/mol. The van der Waals surface area contributed by atoms with Crippen LogP contribution in [0.1, 0.15) is 15.9 Å². The summed E-state index contributed by atoms with van der Waals surface area (Å²) in [7, 11) is -3.95. The molecule has 0 bridgehead atoms. The number of β-amino-alcohol motifs (C(OH)–C–C–N with tert-alkyl or cyclic N) is 1. The van der Waals surface area contributed by atoms with Crippen LogP contribution in [0.15, 0.2) is 41.3 Å². The SMILES string of the molecule is Cc1ccc(C(=O)Nc2ccc(F)c(Cl)c2)cc1S(=O)(=O)N1CCOC[C@@H](O)C1. The van der Waals surface area contributed by atoms with Gasteiger partial charge < -0.3 is 15.2 Å². The van der Waals surface area contributed by atoms with E-state index in [2.05, 4.69) is 5.32 Å². The van der Waals surface area contributed by atoms with Crippen LogP contribution in [0.4, 0.5) is 10.1 Å². The smallest absolute Gasteiger partial charge is 0.255 e. The molecule has 7 nitrogen and oxygen atoms in total. The zero-order valence-electron chi connectivity index (χ0n) is 15.6. The lowest BCUT2D eigenvalue weighted by atomic mass is 10.1. The lowest BCUT2D eigenvalue weighted by molar-refractivity contribution is 0.0583. The van der Waals surface area contributed by atoms with Crippen LogP contribution in [0.25, 0.3) is 0 Å². The molecule has 0 aromatic heterocycles. The van der Waals surface area contributed by atoms with E-state index in [0.717, 1.165) is 10.4 Å². The first-order chi connectivity index (χ1) is 13.7. The van der Waals surface area contributed by atoms with Crippen molar-refractivity contribution >= 4 is 33.2 Å². The number of nitrogens with one attached hydrogen (secondary N) is 1. The number of aliphatic hydroxyl groups excluding tert-OH is 1. The second-order valence-corrected chi connectivity index (χ2v) is 8.97. The van der Waals surface area contributed by atoms with Crippen molar-refractivity contribution in [2.45, 2.75) is 17.9 Å². The number of aliphatic hydroxyl groups is 1. The van der Waals surface area contributed by atoms with Crippen LogP contribution in [-0.2, 0) is 14.8 Å². The second kappa shape index (κ2) is 8.76. The van der Waals surface area contributed by atoms with Crippen molar-refractivity contribution in [3.05, 3.63) is 58.4 Å². The molecule has 0 unspecified atom stereocenters. The molecule has 3 rings (SSSR count). The molecule has 1 amide bonds. The number of halogens is 2. The van der Waals surface area contributed by atoms with Gasteiger partial charge in [-0.05, 0) is 42.8 Å². The molecule has 0 spiro atoms. The summed E-state index contributed by atoms with van der Waals surface area (Å²) in [6.45, 7) is 1.86. The first kappa shape index (κ1) is 21.7. The highest BCUT2D eigenvalue weighted by Crippen LogP contribution is 2.24. The number of carbonyl (C=O) groups excluding carboxylic acids is 1. The maximum absolute atomic E-state index is 13.3. The van der Waals surface area contributed by atoms with Gasteiger partial charge in [0, 0.05) is 24.3 Å². The number of nitrogens with zero attached hydrogens (tertiary/aromatic N) is 1. The number of hydrogen-bond donors (Lipinski definition) is 2. The van der Waals surface area contributed by atoms with Gasteiger partial charge in [-0.2, -0.15) is 4.31 Å². The van der Waals surface area contributed by atoms with Gasteiger partial charge in [0.15, 0.2) is 0 Å². The van der Waals surface area contributed by atoms with Crippen molar-refractivity contribution in [3.8, 4) is 0 Å². The molecule has 2 aromatic rings. The summed E-state index contributed by atoms with van der Waals surface area (Å²) in [5.41, 5.74) is 0.853. The third kappa shape index (κ3) is 4.93. The Morgan fingerprint density at radius 3 is 2.79 bits per heavy atom. The van der Waals surface area contributed by atoms with E-state index in [1.54, 1.807) is 6.92 Å². The van der Waals surface area contributed by atoms with Crippen LogP contribution in [0.3, 0.4) is 0 Å². The molecule has 29 heavy (non-hydrogen) atoms. The van der Waals surface area contributed by atoms with Crippen LogP contribution in [0.5, 0.6) is 0 Å². The fourth-order valence-electron chi connectivity index (χ4n) is 2.92. The molecule has 1 fully saturated rings. The van der Waals surface area contributed by atoms with Crippen molar-refractivity contribution in [1.82, 2.24) is 4.31 Å². The van der Waals surface area contributed by atoms with E-state index < -0.39 is 27.9 Å². The Hall–Kier alpha value is -2.04. The predicted octanol–water partition coefficient (Wildman–Crippen LogP) is 2.42. The van der Waals surface area contributed by atoms with Gasteiger partial charge >= 0.3 is 0 Å². The number of carbonyl (C=O) groups is 1. The molecule has 0 aliphatic carbocycles. The van der Waals surface area contributed by atoms with E-state index in [1.807, 2.05) is 0 Å². The highest BCUT2D eigenvalue weighted by molar-refractivity contribution is 7.89. The zero-order chi connectivity index (χ0) is 21.2. The van der Waals surface area contributed by atoms with Gasteiger partial charge in [0.25, 0.3) is 5.91 Å². The summed E-state index contributed by atoms with van der Waals surface area (Å²) in [5, 5.41) is 12.3. The van der Waals surface area contributed by atoms with Gasteiger partial charge in [-0.15, -0.1) is 0 Å². The molecule has 0 radical (unpaired) electrons. The summed E-state index contributed by atoms with van der Waals surface area (Å²) in [5.74, 6) is -1.18. The summed E-state index contributed by atoms with van der Waals surface area (Å²) in [6.07, 6.45) is -0.928. The van der Waals surface area contributed by atoms with Gasteiger partial charge in [-0.3, -0.25) is 4.79 Å². The molecule has 2 aromatic carbocycles. The van der Waals surface area contributed by atoms with Crippen molar-refractivity contribution in [2.24, 2.45) is 0 Å². The van der Waals surface area contributed by atoms with E-state index in [-0.39, 0.29) is 47.5 Å². The minimum atomic E-state index is -3.95. The van der Waals surface area contributed by atoms with Gasteiger partial charge in [-0.1, -0.05) is 17.7 Å². The van der Waals surface area contributed by atoms with Crippen molar-refractivity contribution in [1.29, 1.82) is 0 Å². The molecule has 2 N–H and O–H groups in total. The van der Waals surface area contributed by atoms with Crippen molar-refractivity contribution in [2.75, 3.05) is 31.6 Å². The van der Waals surface area contributed by atoms with E-state index in [9.17, 15) is 22.7 Å². The third-order valence-corrected chi connectivity index (χ3v) is 6.75. The Morgan fingerprint density at radius 2 is 2.07 bits per heavy atom. The number of aryl methyl sites for hydroxylation is 1. The molecule has 10 heteroatoms. The molecule has 1 saturated heterocycles. The Balaban J connectivity index is 1.88. The number of amides is 1. The van der Waals surface area contributed by atoms with Crippen molar-refractivity contribution in [3.63, 3.8) is 0 Å². The minimum Gasteiger partial charge on any atom is -0.389 e. The Bertz CT molecular complexity index is 1030. The number of sulfonamides is 1. The summed E-state index contributed by atoms with van der Waals surface area (Å²) in [4.78, 5) is 12.5. The maximum Gasteiger partial charge on any atom is 0.255 e. The average molecular weight is 443 g/mol. The second-order valence-electron chi connectivity index (χ2n) is 6.66. The van der Waals surface area contributed by atoms with Crippen LogP contribution in [0, 0.1) is 12.7 Å². The van der Waals surface area contributed by atoms with Crippen LogP contribution >= 0.6 is 11.6 Å². The lowest BCUT2D eigenvalue weighted by Gasteiger charge is -2.22. The molecule has 1 aliphatic rings. The normalized spacial score (nSPS) is 18.3. The van der Waals surface area contributed by atoms with E-state index >= 15 is 0 Å². The largest absolute Gasteiger partial charge is 0.389 e. The molecule has 0 saturated carbocycles. The number of hydrogen-bond acceptors (Lipinski definition) is 5. The molecule has 1 aliphatic heterocycles. The highest BCUT2D eigenvalue weighted by atomic mass is 35.5. The maximum atomic E-state index is 13.3.